The minimum atomic E-state index is -0.574. The molecule has 1 aromatic heterocycles. The lowest BCUT2D eigenvalue weighted by Gasteiger charge is -2.37. The van der Waals surface area contributed by atoms with Crippen molar-refractivity contribution in [3.05, 3.63) is 41.3 Å². The standard InChI is InChI=1S/C20H22N4O3S/c1-21-11-18(25)22-13-6-7-24-16(10-13)19(26)23-15-5-4-12(9-14(15)20(24)27)17-3-2-8-28-17/h2-5,8-9,13,16,21H,6-7,10-11H2,1H3,(H,22,25)(H,23,26)/p+1/t13-,16-/m0/s1. The molecule has 2 aliphatic rings. The largest absolute Gasteiger partial charge is 0.348 e. The zero-order valence-corrected chi connectivity index (χ0v) is 16.4. The number of carbonyl (C=O) groups is 3. The zero-order chi connectivity index (χ0) is 19.7. The van der Waals surface area contributed by atoms with Crippen molar-refractivity contribution in [3.63, 3.8) is 0 Å². The van der Waals surface area contributed by atoms with E-state index >= 15 is 0 Å². The van der Waals surface area contributed by atoms with Gasteiger partial charge in [-0.2, -0.15) is 0 Å². The molecule has 2 aliphatic heterocycles. The number of fused-ring (bicyclic) bond motifs is 2. The second-order valence-electron chi connectivity index (χ2n) is 7.14. The molecule has 1 aromatic carbocycles. The molecule has 0 radical (unpaired) electrons. The van der Waals surface area contributed by atoms with E-state index in [1.165, 1.54) is 0 Å². The number of likely N-dealkylation sites (N-methyl/N-ethyl adjacent to an activating group) is 1. The molecule has 0 bridgehead atoms. The number of benzene rings is 1. The van der Waals surface area contributed by atoms with Gasteiger partial charge in [0.2, 0.25) is 5.91 Å². The van der Waals surface area contributed by atoms with Crippen LogP contribution in [-0.4, -0.2) is 54.8 Å². The van der Waals surface area contributed by atoms with E-state index in [1.54, 1.807) is 27.6 Å². The summed E-state index contributed by atoms with van der Waals surface area (Å²) in [6.07, 6.45) is 1.07. The number of quaternary nitrogens is 1. The molecule has 28 heavy (non-hydrogen) atoms. The zero-order valence-electron chi connectivity index (χ0n) is 15.6. The third-order valence-corrected chi connectivity index (χ3v) is 6.15. The molecule has 146 valence electrons. The van der Waals surface area contributed by atoms with Gasteiger partial charge >= 0.3 is 0 Å². The molecule has 4 rings (SSSR count). The topological polar surface area (TPSA) is 95.1 Å². The number of hydrogen-bond donors (Lipinski definition) is 3. The summed E-state index contributed by atoms with van der Waals surface area (Å²) in [6.45, 7) is 0.799. The van der Waals surface area contributed by atoms with Gasteiger partial charge in [0.15, 0.2) is 6.54 Å². The first-order chi connectivity index (χ1) is 13.6. The first-order valence-electron chi connectivity index (χ1n) is 9.43. The molecule has 0 spiro atoms. The van der Waals surface area contributed by atoms with E-state index in [-0.39, 0.29) is 23.8 Å². The maximum absolute atomic E-state index is 13.2. The minimum Gasteiger partial charge on any atom is -0.348 e. The molecule has 1 saturated heterocycles. The van der Waals surface area contributed by atoms with Gasteiger partial charge in [-0.15, -0.1) is 11.3 Å². The number of hydrogen-bond acceptors (Lipinski definition) is 4. The summed E-state index contributed by atoms with van der Waals surface area (Å²) in [6, 6.07) is 8.89. The number of nitrogens with two attached hydrogens (primary N) is 1. The van der Waals surface area contributed by atoms with Crippen LogP contribution in [0.25, 0.3) is 10.4 Å². The Bertz CT molecular complexity index is 912. The predicted molar refractivity (Wildman–Crippen MR) is 107 cm³/mol. The monoisotopic (exact) mass is 399 g/mol. The fourth-order valence-electron chi connectivity index (χ4n) is 3.86. The van der Waals surface area contributed by atoms with Gasteiger partial charge in [0, 0.05) is 17.5 Å². The van der Waals surface area contributed by atoms with Crippen LogP contribution in [0, 0.1) is 0 Å². The lowest BCUT2D eigenvalue weighted by Crippen LogP contribution is -2.82. The first-order valence-corrected chi connectivity index (χ1v) is 10.3. The van der Waals surface area contributed by atoms with Gasteiger partial charge in [0.1, 0.15) is 6.04 Å². The third kappa shape index (κ3) is 3.53. The van der Waals surface area contributed by atoms with Crippen molar-refractivity contribution in [1.29, 1.82) is 0 Å². The van der Waals surface area contributed by atoms with E-state index in [0.717, 1.165) is 10.4 Å². The molecule has 2 aromatic rings. The number of nitrogens with one attached hydrogen (secondary N) is 2. The fraction of sp³-hybridized carbons (Fsp3) is 0.350. The van der Waals surface area contributed by atoms with Crippen molar-refractivity contribution >= 4 is 34.7 Å². The maximum Gasteiger partial charge on any atom is 0.275 e. The van der Waals surface area contributed by atoms with E-state index in [1.807, 2.05) is 36.7 Å². The van der Waals surface area contributed by atoms with Crippen molar-refractivity contribution in [2.24, 2.45) is 0 Å². The van der Waals surface area contributed by atoms with Gasteiger partial charge in [-0.1, -0.05) is 12.1 Å². The quantitative estimate of drug-likeness (QED) is 0.705. The average Bonchev–Trinajstić information content (AvgIpc) is 3.19. The summed E-state index contributed by atoms with van der Waals surface area (Å²) >= 11 is 1.61. The molecule has 0 saturated carbocycles. The van der Waals surface area contributed by atoms with Crippen LogP contribution < -0.4 is 16.0 Å². The Kier molecular flexibility index (Phi) is 5.15. The Hall–Kier alpha value is -2.71. The number of rotatable bonds is 4. The van der Waals surface area contributed by atoms with Gasteiger partial charge in [-0.25, -0.2) is 0 Å². The third-order valence-electron chi connectivity index (χ3n) is 5.23. The maximum atomic E-state index is 13.2. The van der Waals surface area contributed by atoms with Crippen LogP contribution in [0.15, 0.2) is 35.7 Å². The van der Waals surface area contributed by atoms with E-state index < -0.39 is 6.04 Å². The van der Waals surface area contributed by atoms with Crippen molar-refractivity contribution < 1.29 is 19.7 Å². The Morgan fingerprint density at radius 1 is 1.36 bits per heavy atom. The Morgan fingerprint density at radius 3 is 2.96 bits per heavy atom. The van der Waals surface area contributed by atoms with Crippen LogP contribution in [0.3, 0.4) is 0 Å². The van der Waals surface area contributed by atoms with Crippen LogP contribution in [0.5, 0.6) is 0 Å². The Morgan fingerprint density at radius 2 is 2.21 bits per heavy atom. The molecule has 4 N–H and O–H groups in total. The SMILES string of the molecule is C[NH2+]CC(=O)N[C@H]1CCN2C(=O)c3cc(-c4cccs4)ccc3NC(=O)[C@@H]2C1. The molecule has 3 heterocycles. The molecule has 3 amide bonds. The second-order valence-corrected chi connectivity index (χ2v) is 8.09. The summed E-state index contributed by atoms with van der Waals surface area (Å²) in [5.41, 5.74) is 2.03. The number of thiophene rings is 1. The van der Waals surface area contributed by atoms with Crippen LogP contribution in [0.4, 0.5) is 5.69 Å². The molecule has 0 aliphatic carbocycles. The highest BCUT2D eigenvalue weighted by Gasteiger charge is 2.40. The Labute approximate surface area is 167 Å². The number of anilines is 1. The smallest absolute Gasteiger partial charge is 0.275 e. The van der Waals surface area contributed by atoms with E-state index in [9.17, 15) is 14.4 Å². The lowest BCUT2D eigenvalue weighted by atomic mass is 9.96. The average molecular weight is 399 g/mol. The molecule has 0 unspecified atom stereocenters. The molecule has 8 heteroatoms. The molecule has 7 nitrogen and oxygen atoms in total. The second kappa shape index (κ2) is 7.73. The van der Waals surface area contributed by atoms with Gasteiger partial charge in [0.25, 0.3) is 11.8 Å². The van der Waals surface area contributed by atoms with Crippen LogP contribution in [0.2, 0.25) is 0 Å². The normalized spacial score (nSPS) is 21.4. The van der Waals surface area contributed by atoms with Crippen molar-refractivity contribution in [2.75, 3.05) is 25.5 Å². The van der Waals surface area contributed by atoms with Crippen LogP contribution >= 0.6 is 11.3 Å². The number of carbonyl (C=O) groups excluding carboxylic acids is 3. The predicted octanol–water partition coefficient (Wildman–Crippen LogP) is 0.650. The van der Waals surface area contributed by atoms with Gasteiger partial charge in [-0.05, 0) is 42.0 Å². The van der Waals surface area contributed by atoms with E-state index in [2.05, 4.69) is 10.6 Å². The van der Waals surface area contributed by atoms with Gasteiger partial charge < -0.3 is 20.9 Å². The summed E-state index contributed by atoms with van der Waals surface area (Å²) in [5.74, 6) is -0.384. The fourth-order valence-corrected chi connectivity index (χ4v) is 4.58. The molecule has 2 atom stereocenters. The Balaban J connectivity index is 1.58. The van der Waals surface area contributed by atoms with E-state index in [0.29, 0.717) is 37.2 Å². The van der Waals surface area contributed by atoms with E-state index in [4.69, 9.17) is 0 Å². The summed E-state index contributed by atoms with van der Waals surface area (Å²) in [4.78, 5) is 40.6. The van der Waals surface area contributed by atoms with Crippen molar-refractivity contribution in [1.82, 2.24) is 10.2 Å². The number of amides is 3. The van der Waals surface area contributed by atoms with Crippen LogP contribution in [-0.2, 0) is 9.59 Å². The molecule has 1 fully saturated rings. The highest BCUT2D eigenvalue weighted by molar-refractivity contribution is 7.13. The minimum absolute atomic E-state index is 0.0508. The highest BCUT2D eigenvalue weighted by atomic mass is 32.1. The molecular weight excluding hydrogens is 376 g/mol. The summed E-state index contributed by atoms with van der Waals surface area (Å²) in [5, 5.41) is 9.67. The van der Waals surface area contributed by atoms with Gasteiger partial charge in [-0.3, -0.25) is 14.4 Å². The number of piperidine rings is 1. The highest BCUT2D eigenvalue weighted by Crippen LogP contribution is 2.33. The van der Waals surface area contributed by atoms with Crippen molar-refractivity contribution in [2.45, 2.75) is 24.9 Å². The lowest BCUT2D eigenvalue weighted by molar-refractivity contribution is -0.615. The van der Waals surface area contributed by atoms with Gasteiger partial charge in [0.05, 0.1) is 18.3 Å². The molecular formula is C20H23N4O3S+. The number of nitrogens with zero attached hydrogens (tertiary/aromatic N) is 1. The summed E-state index contributed by atoms with van der Waals surface area (Å²) in [7, 11) is 1.83. The first kappa shape index (κ1) is 18.6. The van der Waals surface area contributed by atoms with Crippen LogP contribution in [0.1, 0.15) is 23.2 Å². The summed E-state index contributed by atoms with van der Waals surface area (Å²) < 4.78 is 0. The van der Waals surface area contributed by atoms with Crippen molar-refractivity contribution in [3.8, 4) is 10.4 Å².